The number of aryl methyl sites for hydroxylation is 1. The zero-order chi connectivity index (χ0) is 10.1. The van der Waals surface area contributed by atoms with Crippen LogP contribution in [0.5, 0.6) is 0 Å². The number of nitrogens with one attached hydrogen (secondary N) is 1. The van der Waals surface area contributed by atoms with E-state index in [-0.39, 0.29) is 5.43 Å². The molecule has 0 unspecified atom stereocenters. The largest absolute Gasteiger partial charge is 0.361 e. The highest BCUT2D eigenvalue weighted by Gasteiger charge is 2.01. The summed E-state index contributed by atoms with van der Waals surface area (Å²) in [4.78, 5) is 18.0. The van der Waals surface area contributed by atoms with Crippen LogP contribution in [0, 0.1) is 13.5 Å². The predicted molar refractivity (Wildman–Crippen MR) is 55.6 cm³/mol. The Morgan fingerprint density at radius 1 is 1.43 bits per heavy atom. The van der Waals surface area contributed by atoms with Crippen molar-refractivity contribution < 1.29 is 0 Å². The molecule has 1 heterocycles. The summed E-state index contributed by atoms with van der Waals surface area (Å²) in [6, 6.07) is 5.07. The third-order valence-electron chi connectivity index (χ3n) is 2.18. The van der Waals surface area contributed by atoms with E-state index in [1.54, 1.807) is 31.3 Å². The minimum Gasteiger partial charge on any atom is -0.361 e. The second-order valence-electron chi connectivity index (χ2n) is 3.14. The standard InChI is InChI=1S/C11H8N2O/c1-7-6-13-10-4-3-8(12-2)5-9(10)11(7)14/h3-6H,1H3,(H,13,14). The lowest BCUT2D eigenvalue weighted by Crippen LogP contribution is -2.05. The molecule has 0 aliphatic rings. The fraction of sp³-hybridized carbons (Fsp3) is 0.0909. The molecule has 0 radical (unpaired) electrons. The van der Waals surface area contributed by atoms with Crippen molar-refractivity contribution in [3.8, 4) is 0 Å². The second kappa shape index (κ2) is 3.00. The van der Waals surface area contributed by atoms with Crippen LogP contribution < -0.4 is 5.43 Å². The summed E-state index contributed by atoms with van der Waals surface area (Å²) >= 11 is 0. The number of benzene rings is 1. The van der Waals surface area contributed by atoms with E-state index in [4.69, 9.17) is 6.57 Å². The molecular formula is C11H8N2O. The minimum absolute atomic E-state index is 0.00995. The van der Waals surface area contributed by atoms with Crippen molar-refractivity contribution in [2.45, 2.75) is 6.92 Å². The van der Waals surface area contributed by atoms with Crippen molar-refractivity contribution in [1.82, 2.24) is 4.98 Å². The van der Waals surface area contributed by atoms with Crippen LogP contribution in [0.25, 0.3) is 15.7 Å². The second-order valence-corrected chi connectivity index (χ2v) is 3.14. The summed E-state index contributed by atoms with van der Waals surface area (Å²) in [7, 11) is 0. The maximum atomic E-state index is 11.7. The lowest BCUT2D eigenvalue weighted by atomic mass is 10.1. The molecule has 0 bridgehead atoms. The number of rotatable bonds is 0. The van der Waals surface area contributed by atoms with Gasteiger partial charge in [-0.15, -0.1) is 0 Å². The smallest absolute Gasteiger partial charge is 0.190 e. The van der Waals surface area contributed by atoms with Crippen molar-refractivity contribution in [2.75, 3.05) is 0 Å². The number of pyridine rings is 1. The lowest BCUT2D eigenvalue weighted by molar-refractivity contribution is 1.30. The summed E-state index contributed by atoms with van der Waals surface area (Å²) in [6.45, 7) is 8.61. The molecule has 68 valence electrons. The number of fused-ring (bicyclic) bond motifs is 1. The average molecular weight is 184 g/mol. The SMILES string of the molecule is [C-]#[N+]c1ccc2[nH]cc(C)c(=O)c2c1. The van der Waals surface area contributed by atoms with E-state index >= 15 is 0 Å². The molecule has 1 N–H and O–H groups in total. The van der Waals surface area contributed by atoms with Crippen LogP contribution >= 0.6 is 0 Å². The Bertz CT molecular complexity index is 590. The first-order valence-electron chi connectivity index (χ1n) is 4.22. The molecule has 3 nitrogen and oxygen atoms in total. The summed E-state index contributed by atoms with van der Waals surface area (Å²) in [5.74, 6) is 0. The first kappa shape index (κ1) is 8.52. The van der Waals surface area contributed by atoms with Crippen molar-refractivity contribution in [3.05, 3.63) is 51.6 Å². The molecule has 0 aliphatic heterocycles. The van der Waals surface area contributed by atoms with Gasteiger partial charge in [0.2, 0.25) is 0 Å². The molecular weight excluding hydrogens is 176 g/mol. The molecule has 0 atom stereocenters. The highest BCUT2D eigenvalue weighted by atomic mass is 16.1. The molecule has 0 aliphatic carbocycles. The third-order valence-corrected chi connectivity index (χ3v) is 2.18. The zero-order valence-corrected chi connectivity index (χ0v) is 7.66. The monoisotopic (exact) mass is 184 g/mol. The van der Waals surface area contributed by atoms with Gasteiger partial charge in [-0.25, -0.2) is 4.85 Å². The van der Waals surface area contributed by atoms with E-state index in [0.717, 1.165) is 5.52 Å². The van der Waals surface area contributed by atoms with E-state index < -0.39 is 0 Å². The Balaban J connectivity index is 2.93. The van der Waals surface area contributed by atoms with Crippen LogP contribution in [0.4, 0.5) is 5.69 Å². The molecule has 0 spiro atoms. The van der Waals surface area contributed by atoms with Gasteiger partial charge in [0.05, 0.1) is 6.57 Å². The number of aromatic nitrogens is 1. The molecule has 0 amide bonds. The van der Waals surface area contributed by atoms with E-state index in [9.17, 15) is 4.79 Å². The fourth-order valence-electron chi connectivity index (χ4n) is 1.38. The molecule has 14 heavy (non-hydrogen) atoms. The Labute approximate surface area is 80.8 Å². The van der Waals surface area contributed by atoms with Crippen molar-refractivity contribution in [3.63, 3.8) is 0 Å². The predicted octanol–water partition coefficient (Wildman–Crippen LogP) is 2.39. The molecule has 1 aromatic heterocycles. The van der Waals surface area contributed by atoms with Gasteiger partial charge in [-0.2, -0.15) is 0 Å². The Kier molecular flexibility index (Phi) is 1.83. The van der Waals surface area contributed by atoms with Crippen LogP contribution in [-0.2, 0) is 0 Å². The number of hydrogen-bond donors (Lipinski definition) is 1. The molecule has 0 fully saturated rings. The molecule has 1 aromatic carbocycles. The highest BCUT2D eigenvalue weighted by molar-refractivity contribution is 5.82. The minimum atomic E-state index is -0.00995. The number of aromatic amines is 1. The number of H-pyrrole nitrogens is 1. The summed E-state index contributed by atoms with van der Waals surface area (Å²) in [5.41, 5.74) is 1.92. The topological polar surface area (TPSA) is 37.2 Å². The fourth-order valence-corrected chi connectivity index (χ4v) is 1.38. The third kappa shape index (κ3) is 1.17. The van der Waals surface area contributed by atoms with Gasteiger partial charge in [0.25, 0.3) is 0 Å². The van der Waals surface area contributed by atoms with Gasteiger partial charge >= 0.3 is 0 Å². The van der Waals surface area contributed by atoms with E-state index in [1.807, 2.05) is 0 Å². The Morgan fingerprint density at radius 3 is 2.93 bits per heavy atom. The van der Waals surface area contributed by atoms with Crippen LogP contribution in [0.3, 0.4) is 0 Å². The van der Waals surface area contributed by atoms with Crippen LogP contribution in [-0.4, -0.2) is 4.98 Å². The maximum Gasteiger partial charge on any atom is 0.190 e. The molecule has 0 saturated heterocycles. The van der Waals surface area contributed by atoms with E-state index in [2.05, 4.69) is 9.83 Å². The quantitative estimate of drug-likeness (QED) is 0.627. The van der Waals surface area contributed by atoms with Gasteiger partial charge in [0.1, 0.15) is 0 Å². The van der Waals surface area contributed by atoms with Crippen LogP contribution in [0.2, 0.25) is 0 Å². The summed E-state index contributed by atoms with van der Waals surface area (Å²) in [6.07, 6.45) is 1.68. The maximum absolute atomic E-state index is 11.7. The van der Waals surface area contributed by atoms with Crippen LogP contribution in [0.1, 0.15) is 5.56 Å². The number of hydrogen-bond acceptors (Lipinski definition) is 1. The van der Waals surface area contributed by atoms with Gasteiger partial charge < -0.3 is 4.98 Å². The molecule has 3 heteroatoms. The summed E-state index contributed by atoms with van der Waals surface area (Å²) in [5, 5.41) is 0.582. The average Bonchev–Trinajstić information content (AvgIpc) is 2.23. The first-order chi connectivity index (χ1) is 6.72. The molecule has 2 aromatic rings. The van der Waals surface area contributed by atoms with Gasteiger partial charge in [-0.1, -0.05) is 6.07 Å². The molecule has 2 rings (SSSR count). The van der Waals surface area contributed by atoms with E-state index in [0.29, 0.717) is 16.6 Å². The Hall–Kier alpha value is -2.08. The van der Waals surface area contributed by atoms with E-state index in [1.165, 1.54) is 0 Å². The lowest BCUT2D eigenvalue weighted by Gasteiger charge is -1.99. The Morgan fingerprint density at radius 2 is 2.21 bits per heavy atom. The van der Waals surface area contributed by atoms with Gasteiger partial charge in [0.15, 0.2) is 11.1 Å². The number of nitrogens with zero attached hydrogens (tertiary/aromatic N) is 1. The van der Waals surface area contributed by atoms with Gasteiger partial charge in [-0.3, -0.25) is 4.79 Å². The highest BCUT2D eigenvalue weighted by Crippen LogP contribution is 2.17. The summed E-state index contributed by atoms with van der Waals surface area (Å²) < 4.78 is 0. The van der Waals surface area contributed by atoms with Gasteiger partial charge in [0, 0.05) is 22.7 Å². The van der Waals surface area contributed by atoms with Crippen molar-refractivity contribution in [2.24, 2.45) is 0 Å². The zero-order valence-electron chi connectivity index (χ0n) is 7.66. The van der Waals surface area contributed by atoms with Gasteiger partial charge in [-0.05, 0) is 19.1 Å². The normalized spacial score (nSPS) is 10.0. The van der Waals surface area contributed by atoms with Crippen LogP contribution in [0.15, 0.2) is 29.2 Å². The van der Waals surface area contributed by atoms with Crippen molar-refractivity contribution in [1.29, 1.82) is 0 Å². The van der Waals surface area contributed by atoms with Crippen molar-refractivity contribution >= 4 is 16.6 Å². The molecule has 0 saturated carbocycles. The first-order valence-corrected chi connectivity index (χ1v) is 4.22.